The lowest BCUT2D eigenvalue weighted by atomic mass is 10.1. The van der Waals surface area contributed by atoms with Crippen LogP contribution in [0.3, 0.4) is 0 Å². The van der Waals surface area contributed by atoms with Gasteiger partial charge in [-0.05, 0) is 59.5 Å². The molecule has 0 fully saturated rings. The highest BCUT2D eigenvalue weighted by molar-refractivity contribution is 5.64. The summed E-state index contributed by atoms with van der Waals surface area (Å²) in [6, 6.07) is 10.6. The molecule has 31 heavy (non-hydrogen) atoms. The van der Waals surface area contributed by atoms with Crippen molar-refractivity contribution in [2.75, 3.05) is 6.61 Å². The monoisotopic (exact) mass is 440 g/mol. The Morgan fingerprint density at radius 2 is 1.42 bits per heavy atom. The van der Waals surface area contributed by atoms with Crippen LogP contribution in [-0.2, 0) is 6.42 Å². The van der Waals surface area contributed by atoms with Crippen LogP contribution in [0.1, 0.15) is 18.9 Å². The number of halogens is 6. The standard InChI is InChI=1S/C23H18F6O2/c1-2-3-14-4-9-21(18(24)10-14)30-13-23(28,29)31-17-7-5-15(6-8-17)16-11-19(25)22(27)20(26)12-16/h4-12H,2-3,13H2,1H3. The summed E-state index contributed by atoms with van der Waals surface area (Å²) in [7, 11) is 0. The number of alkyl halides is 2. The Morgan fingerprint density at radius 3 is 2.00 bits per heavy atom. The van der Waals surface area contributed by atoms with Crippen LogP contribution in [0, 0.1) is 23.3 Å². The maximum Gasteiger partial charge on any atom is 0.432 e. The van der Waals surface area contributed by atoms with Crippen LogP contribution in [0.4, 0.5) is 26.3 Å². The Morgan fingerprint density at radius 1 is 0.774 bits per heavy atom. The summed E-state index contributed by atoms with van der Waals surface area (Å²) in [4.78, 5) is 0. The molecule has 0 saturated heterocycles. The Balaban J connectivity index is 1.65. The molecule has 8 heteroatoms. The van der Waals surface area contributed by atoms with E-state index in [1.807, 2.05) is 6.92 Å². The van der Waals surface area contributed by atoms with Gasteiger partial charge in [0, 0.05) is 0 Å². The van der Waals surface area contributed by atoms with E-state index in [9.17, 15) is 26.3 Å². The van der Waals surface area contributed by atoms with Crippen molar-refractivity contribution in [2.24, 2.45) is 0 Å². The molecular weight excluding hydrogens is 422 g/mol. The Hall–Kier alpha value is -3.16. The van der Waals surface area contributed by atoms with Gasteiger partial charge in [0.1, 0.15) is 5.75 Å². The Kier molecular flexibility index (Phi) is 6.77. The molecule has 2 nitrogen and oxygen atoms in total. The third kappa shape index (κ3) is 5.71. The van der Waals surface area contributed by atoms with Gasteiger partial charge in [0.05, 0.1) is 0 Å². The summed E-state index contributed by atoms with van der Waals surface area (Å²) in [5.41, 5.74) is 1.02. The highest BCUT2D eigenvalue weighted by Crippen LogP contribution is 2.29. The van der Waals surface area contributed by atoms with E-state index in [1.54, 1.807) is 6.07 Å². The van der Waals surface area contributed by atoms with Crippen molar-refractivity contribution >= 4 is 0 Å². The van der Waals surface area contributed by atoms with Gasteiger partial charge in [-0.2, -0.15) is 8.78 Å². The average molecular weight is 440 g/mol. The Labute approximate surface area is 175 Å². The molecular formula is C23H18F6O2. The van der Waals surface area contributed by atoms with Crippen molar-refractivity contribution in [2.45, 2.75) is 25.9 Å². The van der Waals surface area contributed by atoms with Crippen molar-refractivity contribution < 1.29 is 35.8 Å². The maximum atomic E-state index is 14.1. The largest absolute Gasteiger partial charge is 0.480 e. The molecule has 0 saturated carbocycles. The van der Waals surface area contributed by atoms with E-state index in [0.717, 1.165) is 36.2 Å². The first-order chi connectivity index (χ1) is 14.7. The summed E-state index contributed by atoms with van der Waals surface area (Å²) in [5.74, 6) is -5.65. The van der Waals surface area contributed by atoms with Gasteiger partial charge in [-0.1, -0.05) is 31.5 Å². The molecule has 0 N–H and O–H groups in total. The number of ether oxygens (including phenoxy) is 2. The van der Waals surface area contributed by atoms with Crippen LogP contribution in [0.2, 0.25) is 0 Å². The van der Waals surface area contributed by atoms with Gasteiger partial charge in [0.2, 0.25) is 0 Å². The van der Waals surface area contributed by atoms with Crippen LogP contribution in [0.25, 0.3) is 11.1 Å². The van der Waals surface area contributed by atoms with Crippen molar-refractivity contribution in [3.05, 3.63) is 83.4 Å². The van der Waals surface area contributed by atoms with E-state index < -0.39 is 36.0 Å². The lowest BCUT2D eigenvalue weighted by Crippen LogP contribution is -2.32. The Bertz CT molecular complexity index is 1030. The van der Waals surface area contributed by atoms with Crippen molar-refractivity contribution in [3.8, 4) is 22.6 Å². The van der Waals surface area contributed by atoms with Crippen LogP contribution >= 0.6 is 0 Å². The van der Waals surface area contributed by atoms with Crippen molar-refractivity contribution in [1.29, 1.82) is 0 Å². The second-order valence-electron chi connectivity index (χ2n) is 6.82. The first kappa shape index (κ1) is 22.5. The fourth-order valence-corrected chi connectivity index (χ4v) is 2.91. The topological polar surface area (TPSA) is 18.5 Å². The van der Waals surface area contributed by atoms with Gasteiger partial charge in [-0.3, -0.25) is 0 Å². The SMILES string of the molecule is CCCc1ccc(OCC(F)(F)Oc2ccc(-c3cc(F)c(F)c(F)c3)cc2)c(F)c1. The summed E-state index contributed by atoms with van der Waals surface area (Å²) < 4.78 is 91.4. The fourth-order valence-electron chi connectivity index (χ4n) is 2.91. The third-order valence-electron chi connectivity index (χ3n) is 4.37. The number of rotatable bonds is 8. The molecule has 0 bridgehead atoms. The molecule has 3 rings (SSSR count). The molecule has 0 radical (unpaired) electrons. The second kappa shape index (κ2) is 9.32. The average Bonchev–Trinajstić information content (AvgIpc) is 2.71. The first-order valence-electron chi connectivity index (χ1n) is 9.41. The maximum absolute atomic E-state index is 14.1. The molecule has 0 heterocycles. The van der Waals surface area contributed by atoms with Gasteiger partial charge in [0.15, 0.2) is 35.6 Å². The van der Waals surface area contributed by atoms with E-state index in [2.05, 4.69) is 4.74 Å². The molecule has 0 unspecified atom stereocenters. The van der Waals surface area contributed by atoms with Gasteiger partial charge in [-0.25, -0.2) is 17.6 Å². The molecule has 0 aliphatic carbocycles. The van der Waals surface area contributed by atoms with Gasteiger partial charge in [0.25, 0.3) is 0 Å². The molecule has 3 aromatic carbocycles. The molecule has 164 valence electrons. The minimum absolute atomic E-state index is 0.0278. The fraction of sp³-hybridized carbons (Fsp3) is 0.217. The lowest BCUT2D eigenvalue weighted by molar-refractivity contribution is -0.195. The summed E-state index contributed by atoms with van der Waals surface area (Å²) in [5, 5.41) is 0. The van der Waals surface area contributed by atoms with Crippen LogP contribution in [0.5, 0.6) is 11.5 Å². The quantitative estimate of drug-likeness (QED) is 0.280. The van der Waals surface area contributed by atoms with Gasteiger partial charge in [-0.15, -0.1) is 0 Å². The zero-order chi connectivity index (χ0) is 22.6. The highest BCUT2D eigenvalue weighted by Gasteiger charge is 2.33. The van der Waals surface area contributed by atoms with Crippen molar-refractivity contribution in [3.63, 3.8) is 0 Å². The predicted molar refractivity (Wildman–Crippen MR) is 103 cm³/mol. The van der Waals surface area contributed by atoms with E-state index in [4.69, 9.17) is 4.74 Å². The summed E-state index contributed by atoms with van der Waals surface area (Å²) in [6.45, 7) is 0.705. The smallest absolute Gasteiger partial charge is 0.432 e. The van der Waals surface area contributed by atoms with Gasteiger partial charge >= 0.3 is 6.11 Å². The molecule has 0 aliphatic rings. The minimum Gasteiger partial charge on any atom is -0.480 e. The molecule has 3 aromatic rings. The third-order valence-corrected chi connectivity index (χ3v) is 4.37. The minimum atomic E-state index is -3.77. The predicted octanol–water partition coefficient (Wildman–Crippen LogP) is 6.91. The zero-order valence-electron chi connectivity index (χ0n) is 16.4. The van der Waals surface area contributed by atoms with E-state index >= 15 is 0 Å². The second-order valence-corrected chi connectivity index (χ2v) is 6.82. The molecule has 0 aliphatic heterocycles. The lowest BCUT2D eigenvalue weighted by Gasteiger charge is -2.19. The van der Waals surface area contributed by atoms with E-state index in [0.29, 0.717) is 6.42 Å². The van der Waals surface area contributed by atoms with Crippen molar-refractivity contribution in [1.82, 2.24) is 0 Å². The van der Waals surface area contributed by atoms with Crippen LogP contribution in [-0.4, -0.2) is 12.7 Å². The number of aryl methyl sites for hydroxylation is 1. The molecule has 0 atom stereocenters. The number of benzene rings is 3. The zero-order valence-corrected chi connectivity index (χ0v) is 16.4. The summed E-state index contributed by atoms with van der Waals surface area (Å²) >= 11 is 0. The van der Waals surface area contributed by atoms with E-state index in [1.165, 1.54) is 24.3 Å². The highest BCUT2D eigenvalue weighted by atomic mass is 19.3. The van der Waals surface area contributed by atoms with Crippen LogP contribution < -0.4 is 9.47 Å². The normalized spacial score (nSPS) is 11.5. The summed E-state index contributed by atoms with van der Waals surface area (Å²) in [6.07, 6.45) is -2.30. The molecule has 0 spiro atoms. The number of hydrogen-bond donors (Lipinski definition) is 0. The molecule has 0 aromatic heterocycles. The van der Waals surface area contributed by atoms with E-state index in [-0.39, 0.29) is 22.6 Å². The number of hydrogen-bond acceptors (Lipinski definition) is 2. The van der Waals surface area contributed by atoms with Gasteiger partial charge < -0.3 is 9.47 Å². The first-order valence-corrected chi connectivity index (χ1v) is 9.41. The molecule has 0 amide bonds. The van der Waals surface area contributed by atoms with Crippen LogP contribution in [0.15, 0.2) is 54.6 Å².